The van der Waals surface area contributed by atoms with Crippen LogP contribution in [0.4, 0.5) is 5.69 Å². The molecule has 1 fully saturated rings. The molecule has 1 saturated carbocycles. The van der Waals surface area contributed by atoms with Crippen LogP contribution in [-0.4, -0.2) is 50.0 Å². The molecule has 0 radical (unpaired) electrons. The quantitative estimate of drug-likeness (QED) is 0.242. The zero-order chi connectivity index (χ0) is 30.1. The molecule has 3 aromatic rings. The summed E-state index contributed by atoms with van der Waals surface area (Å²) < 4.78 is 26.4. The lowest BCUT2D eigenvalue weighted by atomic mass is 10.0. The average molecular weight is 631 g/mol. The molecule has 10 heteroatoms. The summed E-state index contributed by atoms with van der Waals surface area (Å²) in [6.45, 7) is 0.284. The van der Waals surface area contributed by atoms with Crippen molar-refractivity contribution in [3.05, 3.63) is 100 Å². The predicted molar refractivity (Wildman–Crippen MR) is 169 cm³/mol. The van der Waals surface area contributed by atoms with E-state index in [1.807, 2.05) is 36.4 Å². The van der Waals surface area contributed by atoms with Crippen LogP contribution < -0.4 is 9.62 Å². The minimum Gasteiger partial charge on any atom is -0.352 e. The largest absolute Gasteiger partial charge is 0.352 e. The summed E-state index contributed by atoms with van der Waals surface area (Å²) in [6.07, 6.45) is 5.81. The lowest BCUT2D eigenvalue weighted by Crippen LogP contribution is -2.52. The van der Waals surface area contributed by atoms with Crippen LogP contribution in [0.25, 0.3) is 0 Å². The smallest absolute Gasteiger partial charge is 0.243 e. The molecule has 42 heavy (non-hydrogen) atoms. The zero-order valence-electron chi connectivity index (χ0n) is 23.7. The fourth-order valence-corrected chi connectivity index (χ4v) is 6.64. The summed E-state index contributed by atoms with van der Waals surface area (Å²) >= 11 is 12.5. The summed E-state index contributed by atoms with van der Waals surface area (Å²) in [5.74, 6) is -0.439. The number of sulfonamides is 1. The highest BCUT2D eigenvalue weighted by Crippen LogP contribution is 2.26. The molecule has 1 aliphatic rings. The summed E-state index contributed by atoms with van der Waals surface area (Å²) in [6, 6.07) is 22.9. The lowest BCUT2D eigenvalue weighted by molar-refractivity contribution is -0.141. The highest BCUT2D eigenvalue weighted by molar-refractivity contribution is 7.92. The summed E-state index contributed by atoms with van der Waals surface area (Å²) in [5, 5.41) is 3.96. The first-order chi connectivity index (χ1) is 20.1. The zero-order valence-corrected chi connectivity index (χ0v) is 26.0. The highest BCUT2D eigenvalue weighted by atomic mass is 35.5. The van der Waals surface area contributed by atoms with Gasteiger partial charge >= 0.3 is 0 Å². The Labute approximate surface area is 258 Å². The highest BCUT2D eigenvalue weighted by Gasteiger charge is 2.32. The average Bonchev–Trinajstić information content (AvgIpc) is 3.48. The molecule has 0 spiro atoms. The standard InChI is InChI=1S/C32H37Cl2N3O4S/c1-42(40,41)37(27-15-6-3-7-16-27)20-10-17-31(38)36(23-25-18-19-28(33)29(34)21-25)30(22-24-11-4-2-5-12-24)32(39)35-26-13-8-9-14-26/h2-7,11-12,15-16,18-19,21,26,30H,8-10,13-14,17,20,22-23H2,1H3,(H,35,39). The van der Waals surface area contributed by atoms with Gasteiger partial charge in [-0.1, -0.05) is 90.6 Å². The fraction of sp³-hybridized carbons (Fsp3) is 0.375. The van der Waals surface area contributed by atoms with Gasteiger partial charge in [0.05, 0.1) is 22.0 Å². The molecule has 1 aliphatic carbocycles. The van der Waals surface area contributed by atoms with Crippen LogP contribution in [0.3, 0.4) is 0 Å². The van der Waals surface area contributed by atoms with Crippen LogP contribution in [0.15, 0.2) is 78.9 Å². The Morgan fingerprint density at radius 2 is 1.55 bits per heavy atom. The molecule has 0 aromatic heterocycles. The summed E-state index contributed by atoms with van der Waals surface area (Å²) in [4.78, 5) is 29.4. The number of benzene rings is 3. The monoisotopic (exact) mass is 629 g/mol. The maximum atomic E-state index is 14.0. The van der Waals surface area contributed by atoms with E-state index in [1.165, 1.54) is 4.31 Å². The first-order valence-electron chi connectivity index (χ1n) is 14.2. The Morgan fingerprint density at radius 1 is 0.905 bits per heavy atom. The Kier molecular flexibility index (Phi) is 11.3. The number of carbonyl (C=O) groups is 2. The van der Waals surface area contributed by atoms with E-state index < -0.39 is 16.1 Å². The summed E-state index contributed by atoms with van der Waals surface area (Å²) in [7, 11) is -3.56. The van der Waals surface area contributed by atoms with Gasteiger partial charge in [0, 0.05) is 32.0 Å². The van der Waals surface area contributed by atoms with Crippen LogP contribution in [-0.2, 0) is 32.6 Å². The van der Waals surface area contributed by atoms with Gasteiger partial charge in [0.15, 0.2) is 0 Å². The predicted octanol–water partition coefficient (Wildman–Crippen LogP) is 6.24. The SMILES string of the molecule is CS(=O)(=O)N(CCCC(=O)N(Cc1ccc(Cl)c(Cl)c1)C(Cc1ccccc1)C(=O)NC1CCCC1)c1ccccc1. The second-order valence-corrected chi connectivity index (χ2v) is 13.5. The molecule has 2 amide bonds. The Morgan fingerprint density at radius 3 is 2.17 bits per heavy atom. The van der Waals surface area contributed by atoms with Crippen molar-refractivity contribution in [3.63, 3.8) is 0 Å². The molecule has 1 atom stereocenters. The molecule has 0 saturated heterocycles. The van der Waals surface area contributed by atoms with E-state index in [-0.39, 0.29) is 43.8 Å². The van der Waals surface area contributed by atoms with Crippen molar-refractivity contribution in [2.24, 2.45) is 0 Å². The van der Waals surface area contributed by atoms with Crippen molar-refractivity contribution < 1.29 is 18.0 Å². The van der Waals surface area contributed by atoms with Gasteiger partial charge in [-0.2, -0.15) is 0 Å². The van der Waals surface area contributed by atoms with Gasteiger partial charge in [-0.3, -0.25) is 13.9 Å². The van der Waals surface area contributed by atoms with Gasteiger partial charge in [0.1, 0.15) is 6.04 Å². The molecule has 0 aliphatic heterocycles. The minimum atomic E-state index is -3.56. The number of anilines is 1. The third-order valence-electron chi connectivity index (χ3n) is 7.51. The minimum absolute atomic E-state index is 0.0577. The second kappa shape index (κ2) is 14.9. The van der Waals surface area contributed by atoms with Crippen molar-refractivity contribution >= 4 is 50.7 Å². The van der Waals surface area contributed by atoms with Gasteiger partial charge < -0.3 is 10.2 Å². The van der Waals surface area contributed by atoms with Crippen LogP contribution in [0, 0.1) is 0 Å². The lowest BCUT2D eigenvalue weighted by Gasteiger charge is -2.33. The van der Waals surface area contributed by atoms with Crippen molar-refractivity contribution in [2.75, 3.05) is 17.1 Å². The topological polar surface area (TPSA) is 86.8 Å². The van der Waals surface area contributed by atoms with Crippen molar-refractivity contribution in [3.8, 4) is 0 Å². The van der Waals surface area contributed by atoms with Gasteiger partial charge in [-0.05, 0) is 54.7 Å². The van der Waals surface area contributed by atoms with Crippen LogP contribution in [0.1, 0.15) is 49.7 Å². The number of nitrogens with one attached hydrogen (secondary N) is 1. The number of amides is 2. The van der Waals surface area contributed by atoms with Crippen molar-refractivity contribution in [2.45, 2.75) is 63.6 Å². The molecule has 4 rings (SSSR count). The maximum Gasteiger partial charge on any atom is 0.243 e. The molecule has 1 N–H and O–H groups in total. The number of rotatable bonds is 13. The molecule has 0 bridgehead atoms. The number of hydrogen-bond acceptors (Lipinski definition) is 4. The van der Waals surface area contributed by atoms with Gasteiger partial charge in [-0.25, -0.2) is 8.42 Å². The molecular formula is C32H37Cl2N3O4S. The van der Waals surface area contributed by atoms with E-state index in [9.17, 15) is 18.0 Å². The van der Waals surface area contributed by atoms with Crippen LogP contribution in [0.2, 0.25) is 10.0 Å². The Balaban J connectivity index is 1.60. The van der Waals surface area contributed by atoms with E-state index in [0.29, 0.717) is 22.2 Å². The first kappa shape index (κ1) is 31.9. The normalized spacial score (nSPS) is 14.4. The Bertz CT molecular complexity index is 1450. The van der Waals surface area contributed by atoms with E-state index in [1.54, 1.807) is 47.4 Å². The van der Waals surface area contributed by atoms with E-state index in [4.69, 9.17) is 23.2 Å². The molecule has 1 unspecified atom stereocenters. The number of para-hydroxylation sites is 1. The fourth-order valence-electron chi connectivity index (χ4n) is 5.35. The number of carbonyl (C=O) groups excluding carboxylic acids is 2. The molecule has 7 nitrogen and oxygen atoms in total. The van der Waals surface area contributed by atoms with Crippen LogP contribution >= 0.6 is 23.2 Å². The van der Waals surface area contributed by atoms with Gasteiger partial charge in [0.25, 0.3) is 0 Å². The van der Waals surface area contributed by atoms with E-state index >= 15 is 0 Å². The third kappa shape index (κ3) is 8.96. The third-order valence-corrected chi connectivity index (χ3v) is 9.44. The van der Waals surface area contributed by atoms with E-state index in [0.717, 1.165) is 43.1 Å². The first-order valence-corrected chi connectivity index (χ1v) is 16.8. The van der Waals surface area contributed by atoms with Crippen LogP contribution in [0.5, 0.6) is 0 Å². The summed E-state index contributed by atoms with van der Waals surface area (Å²) in [5.41, 5.74) is 2.22. The molecular weight excluding hydrogens is 593 g/mol. The van der Waals surface area contributed by atoms with Gasteiger partial charge in [0.2, 0.25) is 21.8 Å². The number of halogens is 2. The molecule has 224 valence electrons. The molecule has 0 heterocycles. The van der Waals surface area contributed by atoms with Gasteiger partial charge in [-0.15, -0.1) is 0 Å². The number of nitrogens with zero attached hydrogens (tertiary/aromatic N) is 2. The number of hydrogen-bond donors (Lipinski definition) is 1. The second-order valence-electron chi connectivity index (χ2n) is 10.7. The molecule has 3 aromatic carbocycles. The maximum absolute atomic E-state index is 14.0. The Hall–Kier alpha value is -3.07. The van der Waals surface area contributed by atoms with E-state index in [2.05, 4.69) is 5.32 Å². The van der Waals surface area contributed by atoms with Crippen molar-refractivity contribution in [1.29, 1.82) is 0 Å². The van der Waals surface area contributed by atoms with Crippen molar-refractivity contribution in [1.82, 2.24) is 10.2 Å².